The zero-order valence-electron chi connectivity index (χ0n) is 14.1. The molecule has 2 heterocycles. The summed E-state index contributed by atoms with van der Waals surface area (Å²) in [5.41, 5.74) is 3.53. The van der Waals surface area contributed by atoms with Crippen molar-refractivity contribution in [3.05, 3.63) is 69.2 Å². The first kappa shape index (κ1) is 18.3. The van der Waals surface area contributed by atoms with Crippen LogP contribution >= 0.6 is 11.6 Å². The maximum Gasteiger partial charge on any atom is 0.270 e. The van der Waals surface area contributed by atoms with Gasteiger partial charge in [-0.3, -0.25) is 19.6 Å². The lowest BCUT2D eigenvalue weighted by Gasteiger charge is -2.02. The number of nitrogens with one attached hydrogen (secondary N) is 1. The van der Waals surface area contributed by atoms with Crippen LogP contribution in [-0.2, 0) is 11.3 Å². The van der Waals surface area contributed by atoms with E-state index in [-0.39, 0.29) is 18.1 Å². The van der Waals surface area contributed by atoms with Gasteiger partial charge in [0.25, 0.3) is 11.6 Å². The van der Waals surface area contributed by atoms with Gasteiger partial charge in [-0.1, -0.05) is 11.6 Å². The topological polar surface area (TPSA) is 116 Å². The highest BCUT2D eigenvalue weighted by molar-refractivity contribution is 6.33. The van der Waals surface area contributed by atoms with Crippen LogP contribution in [0.2, 0.25) is 5.02 Å². The van der Waals surface area contributed by atoms with E-state index in [1.54, 1.807) is 29.1 Å². The van der Waals surface area contributed by atoms with E-state index in [9.17, 15) is 14.9 Å². The van der Waals surface area contributed by atoms with Gasteiger partial charge >= 0.3 is 0 Å². The molecule has 0 radical (unpaired) electrons. The van der Waals surface area contributed by atoms with E-state index < -0.39 is 4.92 Å². The number of nitro groups is 1. The molecule has 0 aliphatic rings. The summed E-state index contributed by atoms with van der Waals surface area (Å²) in [4.78, 5) is 22.2. The van der Waals surface area contributed by atoms with E-state index >= 15 is 0 Å². The molecule has 0 bridgehead atoms. The Hall–Kier alpha value is -3.46. The minimum absolute atomic E-state index is 0.0445. The molecule has 2 aromatic heterocycles. The van der Waals surface area contributed by atoms with Crippen LogP contribution in [0.5, 0.6) is 0 Å². The number of carbonyl (C=O) groups excluding carboxylic acids is 1. The number of nitrogens with zero attached hydrogens (tertiary/aromatic N) is 4. The Kier molecular flexibility index (Phi) is 5.32. The fourth-order valence-corrected chi connectivity index (χ4v) is 2.50. The van der Waals surface area contributed by atoms with Gasteiger partial charge < -0.3 is 4.42 Å². The second kappa shape index (κ2) is 7.83. The van der Waals surface area contributed by atoms with Crippen molar-refractivity contribution in [2.75, 3.05) is 0 Å². The average Bonchev–Trinajstić information content (AvgIpc) is 3.25. The zero-order chi connectivity index (χ0) is 19.4. The monoisotopic (exact) mass is 387 g/mol. The Morgan fingerprint density at radius 2 is 2.22 bits per heavy atom. The number of non-ortho nitro benzene ring substituents is 1. The largest absolute Gasteiger partial charge is 0.455 e. The Morgan fingerprint density at radius 1 is 1.41 bits per heavy atom. The first-order chi connectivity index (χ1) is 12.9. The Morgan fingerprint density at radius 3 is 2.93 bits per heavy atom. The summed E-state index contributed by atoms with van der Waals surface area (Å²) in [6.45, 7) is 1.88. The summed E-state index contributed by atoms with van der Waals surface area (Å²) in [7, 11) is 0. The summed E-state index contributed by atoms with van der Waals surface area (Å²) < 4.78 is 7.11. The fraction of sp³-hybridized carbons (Fsp3) is 0.118. The molecule has 1 aromatic carbocycles. The minimum atomic E-state index is -0.512. The van der Waals surface area contributed by atoms with Crippen LogP contribution in [0.15, 0.2) is 52.1 Å². The van der Waals surface area contributed by atoms with Gasteiger partial charge in [0.15, 0.2) is 0 Å². The summed E-state index contributed by atoms with van der Waals surface area (Å²) in [6.07, 6.45) is 2.93. The molecule has 3 rings (SSSR count). The van der Waals surface area contributed by atoms with Gasteiger partial charge in [-0.25, -0.2) is 5.43 Å². The number of aromatic nitrogens is 2. The number of halogens is 1. The van der Waals surface area contributed by atoms with Crippen LogP contribution in [0.1, 0.15) is 11.5 Å². The molecule has 0 atom stereocenters. The van der Waals surface area contributed by atoms with Crippen LogP contribution in [-0.4, -0.2) is 26.8 Å². The Balaban J connectivity index is 1.67. The average molecular weight is 388 g/mol. The van der Waals surface area contributed by atoms with Crippen molar-refractivity contribution in [1.82, 2.24) is 15.2 Å². The van der Waals surface area contributed by atoms with E-state index in [4.69, 9.17) is 16.0 Å². The summed E-state index contributed by atoms with van der Waals surface area (Å²) in [6, 6.07) is 9.09. The molecule has 0 unspecified atom stereocenters. The highest BCUT2D eigenvalue weighted by Gasteiger charge is 2.14. The predicted octanol–water partition coefficient (Wildman–Crippen LogP) is 3.16. The molecule has 0 spiro atoms. The number of aryl methyl sites for hydroxylation is 1. The number of amides is 1. The molecule has 0 saturated heterocycles. The van der Waals surface area contributed by atoms with Crippen molar-refractivity contribution in [1.29, 1.82) is 0 Å². The van der Waals surface area contributed by atoms with Gasteiger partial charge in [-0.2, -0.15) is 10.2 Å². The molecule has 10 heteroatoms. The molecule has 27 heavy (non-hydrogen) atoms. The number of carbonyl (C=O) groups is 1. The van der Waals surface area contributed by atoms with Crippen molar-refractivity contribution >= 4 is 29.4 Å². The predicted molar refractivity (Wildman–Crippen MR) is 98.5 cm³/mol. The maximum absolute atomic E-state index is 11.8. The molecule has 3 aromatic rings. The lowest BCUT2D eigenvalue weighted by atomic mass is 10.1. The van der Waals surface area contributed by atoms with Crippen molar-refractivity contribution in [3.63, 3.8) is 0 Å². The van der Waals surface area contributed by atoms with Gasteiger partial charge in [0.1, 0.15) is 18.1 Å². The van der Waals surface area contributed by atoms with Crippen LogP contribution in [0.4, 0.5) is 5.69 Å². The van der Waals surface area contributed by atoms with Crippen molar-refractivity contribution in [3.8, 4) is 11.3 Å². The molecule has 0 fully saturated rings. The van der Waals surface area contributed by atoms with Crippen LogP contribution < -0.4 is 5.43 Å². The van der Waals surface area contributed by atoms with E-state index in [2.05, 4.69) is 15.6 Å². The highest BCUT2D eigenvalue weighted by Crippen LogP contribution is 2.32. The number of hydrazone groups is 1. The molecular weight excluding hydrogens is 374 g/mol. The quantitative estimate of drug-likeness (QED) is 0.396. The highest BCUT2D eigenvalue weighted by atomic mass is 35.5. The number of nitro benzene ring substituents is 1. The SMILES string of the molecule is Cc1ccnn1CC(=O)N/N=C\c1ccc(-c2cc([N+](=O)[O-])ccc2Cl)o1. The van der Waals surface area contributed by atoms with E-state index in [1.807, 2.05) is 6.92 Å². The lowest BCUT2D eigenvalue weighted by molar-refractivity contribution is -0.384. The lowest BCUT2D eigenvalue weighted by Crippen LogP contribution is -2.24. The van der Waals surface area contributed by atoms with Crippen molar-refractivity contribution < 1.29 is 14.1 Å². The fourth-order valence-electron chi connectivity index (χ4n) is 2.29. The van der Waals surface area contributed by atoms with E-state index in [0.717, 1.165) is 5.69 Å². The van der Waals surface area contributed by atoms with Crippen LogP contribution in [0.3, 0.4) is 0 Å². The van der Waals surface area contributed by atoms with Gasteiger partial charge in [0, 0.05) is 29.6 Å². The third-order valence-electron chi connectivity index (χ3n) is 3.66. The van der Waals surface area contributed by atoms with Gasteiger partial charge in [-0.15, -0.1) is 0 Å². The van der Waals surface area contributed by atoms with Gasteiger partial charge in [0.2, 0.25) is 0 Å². The first-order valence-electron chi connectivity index (χ1n) is 7.78. The number of hydrogen-bond donors (Lipinski definition) is 1. The van der Waals surface area contributed by atoms with Crippen LogP contribution in [0.25, 0.3) is 11.3 Å². The number of rotatable bonds is 6. The second-order valence-corrected chi connectivity index (χ2v) is 5.95. The Labute approximate surface area is 158 Å². The number of benzene rings is 1. The number of hydrogen-bond acceptors (Lipinski definition) is 6. The van der Waals surface area contributed by atoms with E-state index in [0.29, 0.717) is 22.1 Å². The molecule has 9 nitrogen and oxygen atoms in total. The van der Waals surface area contributed by atoms with Crippen molar-refractivity contribution in [2.45, 2.75) is 13.5 Å². The summed E-state index contributed by atoms with van der Waals surface area (Å²) in [5, 5.41) is 19.1. The molecule has 0 saturated carbocycles. The standard InChI is InChI=1S/C17H14ClN5O4/c1-11-6-7-20-22(11)10-17(24)21-19-9-13-3-5-16(27-13)14-8-12(23(25)26)2-4-15(14)18/h2-9H,10H2,1H3,(H,21,24)/b19-9-. The molecule has 138 valence electrons. The molecule has 1 N–H and O–H groups in total. The Bertz CT molecular complexity index is 1020. The summed E-state index contributed by atoms with van der Waals surface area (Å²) in [5.74, 6) is 0.360. The van der Waals surface area contributed by atoms with Crippen LogP contribution in [0, 0.1) is 17.0 Å². The third-order valence-corrected chi connectivity index (χ3v) is 3.99. The molecular formula is C17H14ClN5O4. The maximum atomic E-state index is 11.8. The molecule has 0 aliphatic heterocycles. The second-order valence-electron chi connectivity index (χ2n) is 5.55. The third kappa shape index (κ3) is 4.39. The number of furan rings is 1. The first-order valence-corrected chi connectivity index (χ1v) is 8.16. The smallest absolute Gasteiger partial charge is 0.270 e. The normalized spacial score (nSPS) is 11.0. The van der Waals surface area contributed by atoms with Gasteiger partial charge in [-0.05, 0) is 31.2 Å². The molecule has 1 amide bonds. The summed E-state index contributed by atoms with van der Waals surface area (Å²) >= 11 is 6.09. The van der Waals surface area contributed by atoms with Crippen molar-refractivity contribution in [2.24, 2.45) is 5.10 Å². The molecule has 0 aliphatic carbocycles. The minimum Gasteiger partial charge on any atom is -0.455 e. The zero-order valence-corrected chi connectivity index (χ0v) is 14.9. The van der Waals surface area contributed by atoms with Gasteiger partial charge in [0.05, 0.1) is 16.2 Å². The van der Waals surface area contributed by atoms with E-state index in [1.165, 1.54) is 24.4 Å².